The van der Waals surface area contributed by atoms with Crippen LogP contribution in [0.15, 0.2) is 36.4 Å². The van der Waals surface area contributed by atoms with E-state index in [0.29, 0.717) is 40.3 Å². The van der Waals surface area contributed by atoms with E-state index in [1.54, 1.807) is 11.8 Å². The highest BCUT2D eigenvalue weighted by molar-refractivity contribution is 6.33. The number of hydrogen-bond acceptors (Lipinski definition) is 6. The van der Waals surface area contributed by atoms with E-state index < -0.39 is 6.17 Å². The number of aryl methyl sites for hydroxylation is 1. The third kappa shape index (κ3) is 4.33. The lowest BCUT2D eigenvalue weighted by Gasteiger charge is -2.38. The van der Waals surface area contributed by atoms with Crippen molar-refractivity contribution in [1.29, 1.82) is 0 Å². The van der Waals surface area contributed by atoms with Gasteiger partial charge in [0.05, 0.1) is 28.5 Å². The lowest BCUT2D eigenvalue weighted by Crippen LogP contribution is -2.49. The molecule has 1 fully saturated rings. The van der Waals surface area contributed by atoms with Crippen molar-refractivity contribution in [2.45, 2.75) is 20.0 Å². The Bertz CT molecular complexity index is 1130. The highest BCUT2D eigenvalue weighted by Crippen LogP contribution is 2.32. The molecule has 1 atom stereocenters. The highest BCUT2D eigenvalue weighted by Gasteiger charge is 2.29. The molecule has 4 rings (SSSR count). The lowest BCUT2D eigenvalue weighted by molar-refractivity contribution is -0.116. The van der Waals surface area contributed by atoms with Gasteiger partial charge in [0.2, 0.25) is 0 Å². The van der Waals surface area contributed by atoms with Gasteiger partial charge in [-0.3, -0.25) is 14.7 Å². The summed E-state index contributed by atoms with van der Waals surface area (Å²) in [7, 11) is 1.61. The molecule has 9 heteroatoms. The fraction of sp³-hybridized carbons (Fsp3) is 0.348. The van der Waals surface area contributed by atoms with Crippen LogP contribution in [-0.4, -0.2) is 59.2 Å². The molecule has 1 aliphatic heterocycles. The summed E-state index contributed by atoms with van der Waals surface area (Å²) in [5, 5.41) is 5.78. The Balaban J connectivity index is 1.53. The first-order chi connectivity index (χ1) is 15.4. The van der Waals surface area contributed by atoms with Gasteiger partial charge in [-0.05, 0) is 38.1 Å². The van der Waals surface area contributed by atoms with Gasteiger partial charge < -0.3 is 9.64 Å². The topological polar surface area (TPSA) is 63.5 Å². The maximum absolute atomic E-state index is 12.1. The first-order valence-corrected chi connectivity index (χ1v) is 11.1. The Morgan fingerprint density at radius 3 is 2.50 bits per heavy atom. The van der Waals surface area contributed by atoms with Crippen LogP contribution in [0.1, 0.15) is 17.6 Å². The van der Waals surface area contributed by atoms with Crippen LogP contribution in [0.25, 0.3) is 11.4 Å². The highest BCUT2D eigenvalue weighted by atomic mass is 35.5. The predicted octanol–water partition coefficient (Wildman–Crippen LogP) is 4.40. The molecule has 0 spiro atoms. The summed E-state index contributed by atoms with van der Waals surface area (Å²) >= 11 is 12.8. The van der Waals surface area contributed by atoms with Crippen LogP contribution in [0, 0.1) is 13.8 Å². The van der Waals surface area contributed by atoms with Gasteiger partial charge in [0.25, 0.3) is 0 Å². The fourth-order valence-electron chi connectivity index (χ4n) is 3.98. The molecule has 1 unspecified atom stereocenters. The van der Waals surface area contributed by atoms with Crippen molar-refractivity contribution in [3.8, 4) is 17.1 Å². The molecule has 1 saturated heterocycles. The number of piperazine rings is 1. The second kappa shape index (κ2) is 9.48. The molecule has 3 aromatic rings. The number of rotatable bonds is 6. The zero-order chi connectivity index (χ0) is 22.8. The van der Waals surface area contributed by atoms with E-state index >= 15 is 0 Å². The molecule has 1 aromatic carbocycles. The van der Waals surface area contributed by atoms with Gasteiger partial charge in [0.15, 0.2) is 12.5 Å². The van der Waals surface area contributed by atoms with Crippen LogP contribution < -0.4 is 9.64 Å². The molecule has 1 aliphatic rings. The molecule has 2 aromatic heterocycles. The molecule has 0 aliphatic carbocycles. The molecule has 32 heavy (non-hydrogen) atoms. The second-order valence-corrected chi connectivity index (χ2v) is 8.53. The number of halogens is 2. The Morgan fingerprint density at radius 1 is 1.09 bits per heavy atom. The fourth-order valence-corrected chi connectivity index (χ4v) is 4.40. The second-order valence-electron chi connectivity index (χ2n) is 7.75. The Morgan fingerprint density at radius 2 is 1.84 bits per heavy atom. The molecule has 7 nitrogen and oxygen atoms in total. The average molecular weight is 474 g/mol. The number of hydrogen-bond donors (Lipinski definition) is 0. The number of pyridine rings is 1. The van der Waals surface area contributed by atoms with E-state index in [4.69, 9.17) is 27.9 Å². The summed E-state index contributed by atoms with van der Waals surface area (Å²) in [6, 6.07) is 11.5. The number of anilines is 1. The number of nitrogens with zero attached hydrogens (tertiary/aromatic N) is 5. The van der Waals surface area contributed by atoms with E-state index in [9.17, 15) is 4.79 Å². The Kier molecular flexibility index (Phi) is 6.69. The first-order valence-electron chi connectivity index (χ1n) is 10.4. The number of benzene rings is 1. The minimum atomic E-state index is -0.534. The van der Waals surface area contributed by atoms with Gasteiger partial charge in [-0.2, -0.15) is 5.10 Å². The van der Waals surface area contributed by atoms with Crippen LogP contribution in [-0.2, 0) is 4.79 Å². The zero-order valence-electron chi connectivity index (χ0n) is 18.3. The van der Waals surface area contributed by atoms with Crippen LogP contribution in [0.5, 0.6) is 5.75 Å². The predicted molar refractivity (Wildman–Crippen MR) is 127 cm³/mol. The average Bonchev–Trinajstić information content (AvgIpc) is 3.10. The summed E-state index contributed by atoms with van der Waals surface area (Å²) in [6.45, 7) is 6.71. The standard InChI is InChI=1S/C23H25Cl2N5O2/c1-15-5-4-6-19(26-15)23-22(25)16(2)30(27-23)21(14-31)29-11-9-28(10-12-29)17-7-8-18(24)20(13-17)32-3/h4-8,13-14,21H,9-12H2,1-3H3. The van der Waals surface area contributed by atoms with E-state index in [-0.39, 0.29) is 0 Å². The van der Waals surface area contributed by atoms with Gasteiger partial charge >= 0.3 is 0 Å². The number of carbonyl (C=O) groups excluding carboxylic acids is 1. The van der Waals surface area contributed by atoms with E-state index in [1.807, 2.05) is 50.2 Å². The van der Waals surface area contributed by atoms with Gasteiger partial charge in [0.1, 0.15) is 11.4 Å². The van der Waals surface area contributed by atoms with Crippen LogP contribution in [0.2, 0.25) is 10.0 Å². The normalized spacial score (nSPS) is 15.6. The van der Waals surface area contributed by atoms with Crippen molar-refractivity contribution in [3.05, 3.63) is 57.8 Å². The molecule has 0 radical (unpaired) electrons. The Hall–Kier alpha value is -2.61. The maximum atomic E-state index is 12.1. The van der Waals surface area contributed by atoms with Crippen molar-refractivity contribution in [3.63, 3.8) is 0 Å². The van der Waals surface area contributed by atoms with Gasteiger partial charge in [-0.15, -0.1) is 0 Å². The van der Waals surface area contributed by atoms with Gasteiger partial charge in [0, 0.05) is 43.6 Å². The molecule has 0 amide bonds. The van der Waals surface area contributed by atoms with E-state index in [0.717, 1.165) is 36.5 Å². The molecule has 168 valence electrons. The van der Waals surface area contributed by atoms with Crippen LogP contribution in [0.4, 0.5) is 5.69 Å². The van der Waals surface area contributed by atoms with Crippen molar-refractivity contribution >= 4 is 35.2 Å². The smallest absolute Gasteiger partial charge is 0.160 e. The third-order valence-electron chi connectivity index (χ3n) is 5.77. The summed E-state index contributed by atoms with van der Waals surface area (Å²) < 4.78 is 7.04. The number of carbonyl (C=O) groups is 1. The molecule has 0 saturated carbocycles. The van der Waals surface area contributed by atoms with Crippen molar-refractivity contribution in [2.24, 2.45) is 0 Å². The Labute approximate surface area is 197 Å². The summed E-state index contributed by atoms with van der Waals surface area (Å²) in [6.07, 6.45) is 0.387. The van der Waals surface area contributed by atoms with Gasteiger partial charge in [-0.1, -0.05) is 29.3 Å². The quantitative estimate of drug-likeness (QED) is 0.494. The minimum Gasteiger partial charge on any atom is -0.495 e. The third-order valence-corrected chi connectivity index (χ3v) is 6.53. The number of ether oxygens (including phenoxy) is 1. The largest absolute Gasteiger partial charge is 0.495 e. The van der Waals surface area contributed by atoms with Crippen molar-refractivity contribution in [1.82, 2.24) is 19.7 Å². The molecular weight excluding hydrogens is 449 g/mol. The zero-order valence-corrected chi connectivity index (χ0v) is 19.8. The minimum absolute atomic E-state index is 0.516. The van der Waals surface area contributed by atoms with E-state index in [2.05, 4.69) is 19.9 Å². The molecular formula is C23H25Cl2N5O2. The molecule has 3 heterocycles. The monoisotopic (exact) mass is 473 g/mol. The van der Waals surface area contributed by atoms with Crippen molar-refractivity contribution < 1.29 is 9.53 Å². The number of aldehydes is 1. The molecule has 0 N–H and O–H groups in total. The SMILES string of the molecule is COc1cc(N2CCN(C(C=O)n3nc(-c4cccc(C)n4)c(Cl)c3C)CC2)ccc1Cl. The number of methoxy groups -OCH3 is 1. The summed E-state index contributed by atoms with van der Waals surface area (Å²) in [4.78, 5) is 21.0. The van der Waals surface area contributed by atoms with Gasteiger partial charge in [-0.25, -0.2) is 4.68 Å². The summed E-state index contributed by atoms with van der Waals surface area (Å²) in [5.74, 6) is 0.649. The molecule has 0 bridgehead atoms. The van der Waals surface area contributed by atoms with Crippen molar-refractivity contribution in [2.75, 3.05) is 38.2 Å². The van der Waals surface area contributed by atoms with Crippen LogP contribution >= 0.6 is 23.2 Å². The summed E-state index contributed by atoms with van der Waals surface area (Å²) in [5.41, 5.74) is 3.95. The first kappa shape index (κ1) is 22.6. The maximum Gasteiger partial charge on any atom is 0.160 e. The number of aromatic nitrogens is 3. The van der Waals surface area contributed by atoms with Crippen LogP contribution in [0.3, 0.4) is 0 Å². The van der Waals surface area contributed by atoms with E-state index in [1.165, 1.54) is 0 Å². The lowest BCUT2D eigenvalue weighted by atomic mass is 10.2.